The summed E-state index contributed by atoms with van der Waals surface area (Å²) in [4.78, 5) is 37.1. The van der Waals surface area contributed by atoms with Crippen molar-refractivity contribution in [1.29, 1.82) is 0 Å². The van der Waals surface area contributed by atoms with E-state index in [1.807, 2.05) is 6.92 Å². The number of carbonyl (C=O) groups is 3. The molecule has 0 aromatic heterocycles. The van der Waals surface area contributed by atoms with Gasteiger partial charge in [0.15, 0.2) is 0 Å². The molecule has 1 aliphatic carbocycles. The van der Waals surface area contributed by atoms with Crippen LogP contribution in [0.1, 0.15) is 52.9 Å². The van der Waals surface area contributed by atoms with E-state index in [9.17, 15) is 14.4 Å². The Morgan fingerprint density at radius 2 is 1.79 bits per heavy atom. The van der Waals surface area contributed by atoms with E-state index in [1.54, 1.807) is 0 Å². The van der Waals surface area contributed by atoms with Gasteiger partial charge < -0.3 is 0 Å². The number of barbiturate groups is 1. The second-order valence-corrected chi connectivity index (χ2v) is 6.19. The van der Waals surface area contributed by atoms with Gasteiger partial charge in [-0.2, -0.15) is 0 Å². The largest absolute Gasteiger partial charge is 0.331 e. The first-order valence-electron chi connectivity index (χ1n) is 7.07. The molecule has 1 aliphatic heterocycles. The van der Waals surface area contributed by atoms with Crippen molar-refractivity contribution in [1.82, 2.24) is 10.2 Å². The Labute approximate surface area is 113 Å². The van der Waals surface area contributed by atoms with Gasteiger partial charge in [0.25, 0.3) is 0 Å². The predicted octanol–water partition coefficient (Wildman–Crippen LogP) is 2.06. The molecular formula is C14H22N2O3. The molecule has 5 heteroatoms. The van der Waals surface area contributed by atoms with Crippen LogP contribution in [0.15, 0.2) is 0 Å². The number of nitrogens with zero attached hydrogens (tertiary/aromatic N) is 1. The smallest absolute Gasteiger partial charge is 0.277 e. The molecule has 0 radical (unpaired) electrons. The van der Waals surface area contributed by atoms with Crippen LogP contribution in [0.4, 0.5) is 4.79 Å². The lowest BCUT2D eigenvalue weighted by atomic mass is 9.98. The van der Waals surface area contributed by atoms with Crippen LogP contribution < -0.4 is 5.32 Å². The molecule has 2 fully saturated rings. The molecule has 1 atom stereocenters. The van der Waals surface area contributed by atoms with E-state index in [0.29, 0.717) is 18.8 Å². The van der Waals surface area contributed by atoms with E-state index in [2.05, 4.69) is 19.2 Å². The first-order chi connectivity index (χ1) is 8.88. The van der Waals surface area contributed by atoms with Crippen molar-refractivity contribution in [2.24, 2.45) is 11.3 Å². The lowest BCUT2D eigenvalue weighted by molar-refractivity contribution is -0.146. The average molecular weight is 266 g/mol. The molecule has 1 saturated carbocycles. The van der Waals surface area contributed by atoms with Gasteiger partial charge in [-0.25, -0.2) is 4.79 Å². The fourth-order valence-electron chi connectivity index (χ4n) is 2.61. The number of carbonyl (C=O) groups excluding carboxylic acids is 3. The summed E-state index contributed by atoms with van der Waals surface area (Å²) in [6, 6.07) is -0.693. The van der Waals surface area contributed by atoms with Gasteiger partial charge >= 0.3 is 6.03 Å². The molecule has 2 rings (SSSR count). The maximum atomic E-state index is 12.3. The molecule has 5 nitrogen and oxygen atoms in total. The molecule has 1 unspecified atom stereocenters. The lowest BCUT2D eigenvalue weighted by Gasteiger charge is -2.34. The minimum atomic E-state index is -0.916. The van der Waals surface area contributed by atoms with Crippen molar-refractivity contribution >= 4 is 17.8 Å². The number of imide groups is 2. The Morgan fingerprint density at radius 1 is 1.16 bits per heavy atom. The van der Waals surface area contributed by atoms with Crippen molar-refractivity contribution in [3.8, 4) is 0 Å². The third-order valence-corrected chi connectivity index (χ3v) is 4.10. The Kier molecular flexibility index (Phi) is 3.65. The first kappa shape index (κ1) is 14.0. The van der Waals surface area contributed by atoms with Gasteiger partial charge in [-0.1, -0.05) is 26.7 Å². The van der Waals surface area contributed by atoms with Crippen molar-refractivity contribution < 1.29 is 14.4 Å². The van der Waals surface area contributed by atoms with E-state index in [-0.39, 0.29) is 11.9 Å². The Bertz CT molecular complexity index is 413. The molecule has 1 heterocycles. The van der Waals surface area contributed by atoms with E-state index in [4.69, 9.17) is 0 Å². The fourth-order valence-corrected chi connectivity index (χ4v) is 2.61. The second kappa shape index (κ2) is 4.94. The van der Waals surface area contributed by atoms with E-state index < -0.39 is 17.4 Å². The fraction of sp³-hybridized carbons (Fsp3) is 0.786. The topological polar surface area (TPSA) is 66.5 Å². The van der Waals surface area contributed by atoms with Crippen LogP contribution in [0, 0.1) is 11.3 Å². The minimum absolute atomic E-state index is 0.142. The third kappa shape index (κ3) is 2.51. The zero-order valence-electron chi connectivity index (χ0n) is 11.9. The predicted molar refractivity (Wildman–Crippen MR) is 70.2 cm³/mol. The molecule has 0 aromatic rings. The zero-order chi connectivity index (χ0) is 14.2. The number of hydrogen-bond donors (Lipinski definition) is 1. The molecule has 19 heavy (non-hydrogen) atoms. The highest BCUT2D eigenvalue weighted by atomic mass is 16.2. The van der Waals surface area contributed by atoms with Crippen LogP contribution in [0.3, 0.4) is 0 Å². The van der Waals surface area contributed by atoms with Crippen LogP contribution in [0.25, 0.3) is 0 Å². The normalized spacial score (nSPS) is 22.9. The van der Waals surface area contributed by atoms with Crippen LogP contribution in [0.2, 0.25) is 0 Å². The molecule has 1 N–H and O–H groups in total. The molecule has 1 saturated heterocycles. The van der Waals surface area contributed by atoms with Crippen molar-refractivity contribution in [3.63, 3.8) is 0 Å². The molecule has 1 spiro atoms. The molecule has 106 valence electrons. The van der Waals surface area contributed by atoms with Gasteiger partial charge in [0.1, 0.15) is 5.41 Å². The van der Waals surface area contributed by atoms with Gasteiger partial charge in [0.05, 0.1) is 0 Å². The van der Waals surface area contributed by atoms with Crippen LogP contribution in [-0.4, -0.2) is 28.8 Å². The van der Waals surface area contributed by atoms with Gasteiger partial charge in [-0.3, -0.25) is 19.8 Å². The van der Waals surface area contributed by atoms with Crippen LogP contribution in [-0.2, 0) is 9.59 Å². The van der Waals surface area contributed by atoms with E-state index in [0.717, 1.165) is 19.3 Å². The zero-order valence-corrected chi connectivity index (χ0v) is 11.9. The summed E-state index contributed by atoms with van der Waals surface area (Å²) in [5, 5.41) is 2.32. The van der Waals surface area contributed by atoms with Gasteiger partial charge in [0.2, 0.25) is 11.8 Å². The maximum Gasteiger partial charge on any atom is 0.331 e. The average Bonchev–Trinajstić information content (AvgIpc) is 3.07. The number of urea groups is 1. The summed E-state index contributed by atoms with van der Waals surface area (Å²) in [7, 11) is 0. The second-order valence-electron chi connectivity index (χ2n) is 6.19. The summed E-state index contributed by atoms with van der Waals surface area (Å²) >= 11 is 0. The Hall–Kier alpha value is -1.39. The third-order valence-electron chi connectivity index (χ3n) is 4.10. The number of rotatable bonds is 5. The van der Waals surface area contributed by atoms with Crippen LogP contribution in [0.5, 0.6) is 0 Å². The number of amides is 4. The number of nitrogens with one attached hydrogen (secondary N) is 1. The number of hydrogen-bond acceptors (Lipinski definition) is 3. The highest BCUT2D eigenvalue weighted by Gasteiger charge is 2.62. The Balaban J connectivity index is 2.00. The molecule has 0 aromatic carbocycles. The standard InChI is InChI=1S/C14H22N2O3/c1-9(2)5-4-6-10(3)16-12(18)14(7-8-14)11(17)15-13(16)19/h9-10H,4-8H2,1-3H3,(H,15,17,19). The molecule has 0 bridgehead atoms. The van der Waals surface area contributed by atoms with Gasteiger partial charge in [-0.15, -0.1) is 0 Å². The SMILES string of the molecule is CC(C)CCCC(C)N1C(=O)NC(=O)C2(CC2)C1=O. The molecular weight excluding hydrogens is 244 g/mol. The van der Waals surface area contributed by atoms with Crippen molar-refractivity contribution in [3.05, 3.63) is 0 Å². The Morgan fingerprint density at radius 3 is 2.32 bits per heavy atom. The summed E-state index contributed by atoms with van der Waals surface area (Å²) in [6.07, 6.45) is 4.00. The van der Waals surface area contributed by atoms with E-state index >= 15 is 0 Å². The highest BCUT2D eigenvalue weighted by molar-refractivity contribution is 6.21. The first-order valence-corrected chi connectivity index (χ1v) is 7.07. The summed E-state index contributed by atoms with van der Waals surface area (Å²) in [6.45, 7) is 6.19. The summed E-state index contributed by atoms with van der Waals surface area (Å²) < 4.78 is 0. The summed E-state index contributed by atoms with van der Waals surface area (Å²) in [5.74, 6) is -0.0825. The lowest BCUT2D eigenvalue weighted by Crippen LogP contribution is -2.61. The molecule has 2 aliphatic rings. The van der Waals surface area contributed by atoms with Crippen LogP contribution >= 0.6 is 0 Å². The van der Waals surface area contributed by atoms with E-state index in [1.165, 1.54) is 4.90 Å². The van der Waals surface area contributed by atoms with Gasteiger partial charge in [0, 0.05) is 6.04 Å². The monoisotopic (exact) mass is 266 g/mol. The van der Waals surface area contributed by atoms with Gasteiger partial charge in [-0.05, 0) is 32.1 Å². The minimum Gasteiger partial charge on any atom is -0.277 e. The van der Waals surface area contributed by atoms with Crippen molar-refractivity contribution in [2.45, 2.75) is 58.9 Å². The molecule has 4 amide bonds. The maximum absolute atomic E-state index is 12.3. The summed E-state index contributed by atoms with van der Waals surface area (Å²) in [5.41, 5.74) is -0.916. The quantitative estimate of drug-likeness (QED) is 0.774. The highest BCUT2D eigenvalue weighted by Crippen LogP contribution is 2.49. The van der Waals surface area contributed by atoms with Crippen molar-refractivity contribution in [2.75, 3.05) is 0 Å².